The molecular formula is C18H13FN4OS. The highest BCUT2D eigenvalue weighted by atomic mass is 32.1. The average molecular weight is 352 g/mol. The number of nitrogens with one attached hydrogen (secondary N) is 1. The molecule has 0 saturated carbocycles. The van der Waals surface area contributed by atoms with E-state index in [1.165, 1.54) is 23.5 Å². The van der Waals surface area contributed by atoms with E-state index in [-0.39, 0.29) is 11.5 Å². The molecule has 25 heavy (non-hydrogen) atoms. The summed E-state index contributed by atoms with van der Waals surface area (Å²) in [5, 5.41) is 15.7. The fourth-order valence-corrected chi connectivity index (χ4v) is 2.81. The fourth-order valence-electron chi connectivity index (χ4n) is 2.04. The van der Waals surface area contributed by atoms with Crippen LogP contribution in [0.15, 0.2) is 59.0 Å². The van der Waals surface area contributed by atoms with Gasteiger partial charge < -0.3 is 4.74 Å². The van der Waals surface area contributed by atoms with E-state index in [9.17, 15) is 9.65 Å². The van der Waals surface area contributed by atoms with Gasteiger partial charge in [-0.3, -0.25) is 5.43 Å². The minimum Gasteiger partial charge on any atom is -0.497 e. The Kier molecular flexibility index (Phi) is 5.02. The second-order valence-electron chi connectivity index (χ2n) is 4.96. The summed E-state index contributed by atoms with van der Waals surface area (Å²) in [6.07, 6.45) is 0. The molecule has 0 aliphatic heterocycles. The molecule has 124 valence electrons. The van der Waals surface area contributed by atoms with E-state index >= 15 is 0 Å². The largest absolute Gasteiger partial charge is 0.497 e. The summed E-state index contributed by atoms with van der Waals surface area (Å²) in [6.45, 7) is 0. The topological polar surface area (TPSA) is 70.3 Å². The van der Waals surface area contributed by atoms with Gasteiger partial charge in [0.05, 0.1) is 18.5 Å². The Hall–Kier alpha value is -3.24. The van der Waals surface area contributed by atoms with Crippen LogP contribution in [0.2, 0.25) is 0 Å². The number of benzene rings is 2. The number of anilines is 1. The second-order valence-corrected chi connectivity index (χ2v) is 5.82. The third-order valence-electron chi connectivity index (χ3n) is 3.34. The highest BCUT2D eigenvalue weighted by molar-refractivity contribution is 7.12. The molecule has 0 unspecified atom stereocenters. The third kappa shape index (κ3) is 4.00. The zero-order valence-corrected chi connectivity index (χ0v) is 14.0. The minimum atomic E-state index is -0.304. The lowest BCUT2D eigenvalue weighted by atomic mass is 10.2. The van der Waals surface area contributed by atoms with Gasteiger partial charge in [-0.25, -0.2) is 9.37 Å². The number of thiazole rings is 1. The van der Waals surface area contributed by atoms with Crippen LogP contribution in [0.1, 0.15) is 5.01 Å². The Morgan fingerprint density at radius 3 is 2.56 bits per heavy atom. The summed E-state index contributed by atoms with van der Waals surface area (Å²) in [6, 6.07) is 15.2. The Morgan fingerprint density at radius 2 is 1.92 bits per heavy atom. The van der Waals surface area contributed by atoms with Gasteiger partial charge in [-0.05, 0) is 48.5 Å². The molecule has 5 nitrogen and oxygen atoms in total. The summed E-state index contributed by atoms with van der Waals surface area (Å²) in [7, 11) is 1.59. The molecule has 0 bridgehead atoms. The Balaban J connectivity index is 1.78. The normalized spacial score (nSPS) is 11.0. The molecule has 3 rings (SSSR count). The molecule has 0 amide bonds. The molecule has 1 aromatic heterocycles. The number of ether oxygens (including phenoxy) is 1. The number of hydrazone groups is 1. The third-order valence-corrected chi connectivity index (χ3v) is 4.19. The molecule has 0 radical (unpaired) electrons. The highest BCUT2D eigenvalue weighted by Gasteiger charge is 2.10. The Bertz CT molecular complexity index is 927. The number of hydrogen-bond donors (Lipinski definition) is 1. The number of methoxy groups -OCH3 is 1. The standard InChI is InChI=1S/C18H13FN4OS/c1-24-15-8-6-14(7-9-15)22-23-16(10-20)18-21-17(11-25-18)12-2-4-13(19)5-3-12/h2-9,11,22H,1H3. The van der Waals surface area contributed by atoms with Crippen LogP contribution >= 0.6 is 11.3 Å². The van der Waals surface area contributed by atoms with Crippen LogP contribution in [0.4, 0.5) is 10.1 Å². The smallest absolute Gasteiger partial charge is 0.196 e. The molecular weight excluding hydrogens is 339 g/mol. The van der Waals surface area contributed by atoms with E-state index in [4.69, 9.17) is 4.74 Å². The predicted octanol–water partition coefficient (Wildman–Crippen LogP) is 4.30. The van der Waals surface area contributed by atoms with Crippen molar-refractivity contribution in [3.8, 4) is 23.1 Å². The molecule has 1 N–H and O–H groups in total. The molecule has 0 atom stereocenters. The summed E-state index contributed by atoms with van der Waals surface area (Å²) in [5.41, 5.74) is 5.19. The maximum atomic E-state index is 13.0. The molecule has 7 heteroatoms. The van der Waals surface area contributed by atoms with Gasteiger partial charge in [-0.1, -0.05) is 0 Å². The first-order valence-electron chi connectivity index (χ1n) is 7.29. The van der Waals surface area contributed by atoms with Crippen molar-refractivity contribution in [3.05, 3.63) is 64.7 Å². The van der Waals surface area contributed by atoms with Crippen molar-refractivity contribution in [2.45, 2.75) is 0 Å². The molecule has 0 spiro atoms. The van der Waals surface area contributed by atoms with Crippen molar-refractivity contribution in [3.63, 3.8) is 0 Å². The van der Waals surface area contributed by atoms with Crippen molar-refractivity contribution in [1.29, 1.82) is 5.26 Å². The SMILES string of the molecule is COc1ccc(NN=C(C#N)c2nc(-c3ccc(F)cc3)cs2)cc1. The van der Waals surface area contributed by atoms with E-state index in [0.717, 1.165) is 17.0 Å². The van der Waals surface area contributed by atoms with Crippen molar-refractivity contribution in [2.24, 2.45) is 5.10 Å². The van der Waals surface area contributed by atoms with Crippen LogP contribution in [-0.2, 0) is 0 Å². The Labute approximate surface area is 148 Å². The molecule has 1 heterocycles. The molecule has 0 aliphatic rings. The van der Waals surface area contributed by atoms with Gasteiger partial charge >= 0.3 is 0 Å². The fraction of sp³-hybridized carbons (Fsp3) is 0.0556. The van der Waals surface area contributed by atoms with Crippen LogP contribution in [0.25, 0.3) is 11.3 Å². The summed E-state index contributed by atoms with van der Waals surface area (Å²) in [4.78, 5) is 4.40. The Morgan fingerprint density at radius 1 is 1.20 bits per heavy atom. The van der Waals surface area contributed by atoms with Gasteiger partial charge in [-0.2, -0.15) is 10.4 Å². The molecule has 0 saturated heterocycles. The maximum Gasteiger partial charge on any atom is 0.196 e. The van der Waals surface area contributed by atoms with Crippen LogP contribution in [-0.4, -0.2) is 17.8 Å². The maximum absolute atomic E-state index is 13.0. The first-order valence-corrected chi connectivity index (χ1v) is 8.17. The van der Waals surface area contributed by atoms with Gasteiger partial charge in [0.25, 0.3) is 0 Å². The monoisotopic (exact) mass is 352 g/mol. The molecule has 2 aromatic carbocycles. The number of rotatable bonds is 5. The van der Waals surface area contributed by atoms with Gasteiger partial charge in [-0.15, -0.1) is 11.3 Å². The van der Waals surface area contributed by atoms with Gasteiger partial charge in [0.1, 0.15) is 17.6 Å². The molecule has 0 aliphatic carbocycles. The van der Waals surface area contributed by atoms with Gasteiger partial charge in [0.15, 0.2) is 10.7 Å². The van der Waals surface area contributed by atoms with Crippen LogP contribution in [0.3, 0.4) is 0 Å². The number of halogens is 1. The lowest BCUT2D eigenvalue weighted by molar-refractivity contribution is 0.415. The van der Waals surface area contributed by atoms with E-state index in [1.54, 1.807) is 43.5 Å². The number of nitriles is 1. The van der Waals surface area contributed by atoms with Gasteiger partial charge in [0.2, 0.25) is 0 Å². The quantitative estimate of drug-likeness (QED) is 0.549. The van der Waals surface area contributed by atoms with E-state index in [0.29, 0.717) is 10.7 Å². The summed E-state index contributed by atoms with van der Waals surface area (Å²) >= 11 is 1.30. The number of nitrogens with zero attached hydrogens (tertiary/aromatic N) is 3. The number of aromatic nitrogens is 1. The highest BCUT2D eigenvalue weighted by Crippen LogP contribution is 2.23. The molecule has 0 fully saturated rings. The van der Waals surface area contributed by atoms with Crippen molar-refractivity contribution in [2.75, 3.05) is 12.5 Å². The predicted molar refractivity (Wildman–Crippen MR) is 96.3 cm³/mol. The van der Waals surface area contributed by atoms with E-state index in [1.807, 2.05) is 11.4 Å². The van der Waals surface area contributed by atoms with E-state index < -0.39 is 0 Å². The number of hydrogen-bond acceptors (Lipinski definition) is 6. The zero-order valence-electron chi connectivity index (χ0n) is 13.2. The van der Waals surface area contributed by atoms with Crippen LogP contribution in [0.5, 0.6) is 5.75 Å². The van der Waals surface area contributed by atoms with Crippen molar-refractivity contribution < 1.29 is 9.13 Å². The zero-order chi connectivity index (χ0) is 17.6. The minimum absolute atomic E-state index is 0.175. The van der Waals surface area contributed by atoms with Crippen molar-refractivity contribution in [1.82, 2.24) is 4.98 Å². The second kappa shape index (κ2) is 7.55. The van der Waals surface area contributed by atoms with Crippen LogP contribution in [0, 0.1) is 17.1 Å². The van der Waals surface area contributed by atoms with Crippen molar-refractivity contribution >= 4 is 22.7 Å². The first kappa shape index (κ1) is 16.6. The molecule has 3 aromatic rings. The van der Waals surface area contributed by atoms with Crippen LogP contribution < -0.4 is 10.2 Å². The van der Waals surface area contributed by atoms with E-state index in [2.05, 4.69) is 15.5 Å². The summed E-state index contributed by atoms with van der Waals surface area (Å²) < 4.78 is 18.1. The lowest BCUT2D eigenvalue weighted by Gasteiger charge is -2.02. The average Bonchev–Trinajstić information content (AvgIpc) is 3.13. The first-order chi connectivity index (χ1) is 12.2. The van der Waals surface area contributed by atoms with Gasteiger partial charge in [0, 0.05) is 10.9 Å². The summed E-state index contributed by atoms with van der Waals surface area (Å²) in [5.74, 6) is 0.432. The lowest BCUT2D eigenvalue weighted by Crippen LogP contribution is -2.01.